The highest BCUT2D eigenvalue weighted by Gasteiger charge is 2.33. The van der Waals surface area contributed by atoms with Crippen LogP contribution in [0.2, 0.25) is 19.6 Å². The molecule has 1 aliphatic rings. The molecule has 0 saturated carbocycles. The summed E-state index contributed by atoms with van der Waals surface area (Å²) in [5.41, 5.74) is 6.73. The molecule has 0 nitrogen and oxygen atoms in total. The largest absolute Gasteiger partial charge is 0.0759 e. The van der Waals surface area contributed by atoms with Gasteiger partial charge in [-0.1, -0.05) is 87.2 Å². The molecule has 114 valence electrons. The summed E-state index contributed by atoms with van der Waals surface area (Å²) in [6.07, 6.45) is 3.72. The highest BCUT2D eigenvalue weighted by molar-refractivity contribution is 6.78. The van der Waals surface area contributed by atoms with Crippen molar-refractivity contribution in [3.63, 3.8) is 0 Å². The van der Waals surface area contributed by atoms with Gasteiger partial charge in [0.1, 0.15) is 0 Å². The number of benzene rings is 2. The Bertz CT molecular complexity index is 677. The van der Waals surface area contributed by atoms with E-state index >= 15 is 0 Å². The van der Waals surface area contributed by atoms with Crippen molar-refractivity contribution < 1.29 is 0 Å². The third-order valence-corrected chi connectivity index (χ3v) is 7.18. The Balaban J connectivity index is 1.91. The number of fused-ring (bicyclic) bond motifs is 1. The average Bonchev–Trinajstić information content (AvgIpc) is 2.87. The summed E-state index contributed by atoms with van der Waals surface area (Å²) in [6.45, 7) is 9.79. The van der Waals surface area contributed by atoms with Crippen LogP contribution in [0.3, 0.4) is 0 Å². The Kier molecular flexibility index (Phi) is 4.09. The minimum Gasteiger partial charge on any atom is -0.0759 e. The number of allylic oxidation sites excluding steroid dienone is 2. The predicted octanol–water partition coefficient (Wildman–Crippen LogP) is 6.24. The van der Waals surface area contributed by atoms with Gasteiger partial charge in [0.2, 0.25) is 0 Å². The van der Waals surface area contributed by atoms with E-state index in [9.17, 15) is 0 Å². The highest BCUT2D eigenvalue weighted by atomic mass is 28.3. The van der Waals surface area contributed by atoms with Gasteiger partial charge in [-0.25, -0.2) is 0 Å². The summed E-state index contributed by atoms with van der Waals surface area (Å²) in [6, 6.07) is 19.9. The molecule has 2 aromatic rings. The van der Waals surface area contributed by atoms with Crippen LogP contribution in [-0.4, -0.2) is 8.07 Å². The van der Waals surface area contributed by atoms with E-state index < -0.39 is 8.07 Å². The minimum atomic E-state index is -1.22. The van der Waals surface area contributed by atoms with Crippen LogP contribution in [0.4, 0.5) is 0 Å². The van der Waals surface area contributed by atoms with Gasteiger partial charge in [0, 0.05) is 0 Å². The second-order valence-electron chi connectivity index (χ2n) is 7.64. The third-order valence-electron chi connectivity index (χ3n) is 4.84. The molecule has 2 atom stereocenters. The summed E-state index contributed by atoms with van der Waals surface area (Å²) in [5, 5.41) is 0. The zero-order chi connectivity index (χ0) is 15.7. The fourth-order valence-corrected chi connectivity index (χ4v) is 5.45. The van der Waals surface area contributed by atoms with Crippen LogP contribution in [-0.2, 0) is 0 Å². The Morgan fingerprint density at radius 1 is 0.909 bits per heavy atom. The fourth-order valence-electron chi connectivity index (χ4n) is 3.57. The summed E-state index contributed by atoms with van der Waals surface area (Å²) in [4.78, 5) is 0. The lowest BCUT2D eigenvalue weighted by Gasteiger charge is -2.24. The van der Waals surface area contributed by atoms with E-state index in [1.165, 1.54) is 11.1 Å². The molecule has 2 aromatic carbocycles. The van der Waals surface area contributed by atoms with Crippen molar-refractivity contribution in [2.24, 2.45) is 0 Å². The van der Waals surface area contributed by atoms with Gasteiger partial charge in [-0.3, -0.25) is 0 Å². The first kappa shape index (κ1) is 15.3. The summed E-state index contributed by atoms with van der Waals surface area (Å²) >= 11 is 0. The average molecular weight is 307 g/mol. The van der Waals surface area contributed by atoms with Crippen molar-refractivity contribution in [2.45, 2.75) is 44.4 Å². The summed E-state index contributed by atoms with van der Waals surface area (Å²) < 4.78 is 0. The normalized spacial score (nSPS) is 18.7. The van der Waals surface area contributed by atoms with E-state index in [1.807, 2.05) is 0 Å². The zero-order valence-corrected chi connectivity index (χ0v) is 15.1. The van der Waals surface area contributed by atoms with Crippen LogP contribution in [0, 0.1) is 0 Å². The summed E-state index contributed by atoms with van der Waals surface area (Å²) in [5.74, 6) is 0.570. The molecule has 0 amide bonds. The van der Waals surface area contributed by atoms with E-state index in [1.54, 1.807) is 11.1 Å². The lowest BCUT2D eigenvalue weighted by molar-refractivity contribution is 0.792. The molecule has 0 aliphatic heterocycles. The second-order valence-corrected chi connectivity index (χ2v) is 13.0. The molecule has 0 radical (unpaired) electrons. The molecular formula is C21H26Si. The van der Waals surface area contributed by atoms with E-state index in [0.29, 0.717) is 11.5 Å². The number of hydrogen-bond donors (Lipinski definition) is 0. The molecule has 1 aliphatic carbocycles. The molecule has 22 heavy (non-hydrogen) atoms. The molecule has 0 spiro atoms. The second kappa shape index (κ2) is 5.89. The fraction of sp³-hybridized carbons (Fsp3) is 0.333. The Hall–Kier alpha value is -1.60. The first-order valence-electron chi connectivity index (χ1n) is 8.32. The molecule has 0 N–H and O–H groups in total. The maximum absolute atomic E-state index is 2.58. The van der Waals surface area contributed by atoms with Crippen LogP contribution in [0.25, 0.3) is 5.57 Å². The van der Waals surface area contributed by atoms with Crippen LogP contribution >= 0.6 is 0 Å². The summed E-state index contributed by atoms with van der Waals surface area (Å²) in [7, 11) is -1.22. The minimum absolute atomic E-state index is 0.570. The van der Waals surface area contributed by atoms with Crippen molar-refractivity contribution in [3.8, 4) is 0 Å². The van der Waals surface area contributed by atoms with Crippen molar-refractivity contribution in [1.82, 2.24) is 0 Å². The highest BCUT2D eigenvalue weighted by Crippen LogP contribution is 2.44. The van der Waals surface area contributed by atoms with Crippen LogP contribution in [0.15, 0.2) is 60.7 Å². The quantitative estimate of drug-likeness (QED) is 0.587. The molecule has 0 saturated heterocycles. The first-order chi connectivity index (χ1) is 10.5. The van der Waals surface area contributed by atoms with E-state index in [0.717, 1.165) is 6.42 Å². The van der Waals surface area contributed by atoms with Gasteiger partial charge in [-0.05, 0) is 40.1 Å². The van der Waals surface area contributed by atoms with Crippen LogP contribution < -0.4 is 0 Å². The van der Waals surface area contributed by atoms with Gasteiger partial charge in [0.05, 0.1) is 8.07 Å². The maximum atomic E-state index is 2.58. The molecule has 0 aromatic heterocycles. The maximum Gasteiger partial charge on any atom is 0.0566 e. The molecule has 3 rings (SSSR count). The van der Waals surface area contributed by atoms with Gasteiger partial charge in [-0.15, -0.1) is 0 Å². The van der Waals surface area contributed by atoms with Gasteiger partial charge in [0.25, 0.3) is 0 Å². The van der Waals surface area contributed by atoms with Crippen molar-refractivity contribution >= 4 is 13.6 Å². The Morgan fingerprint density at radius 2 is 1.55 bits per heavy atom. The molecule has 0 fully saturated rings. The zero-order valence-electron chi connectivity index (χ0n) is 14.1. The standard InChI is InChI=1S/C21H26Si/c1-16(17-10-6-5-7-11-17)14-18-15-21(22(2,3)4)20-13-9-8-12-19(18)20/h5-13,15-16,21H,14H2,1-4H3. The molecule has 0 bridgehead atoms. The first-order valence-corrected chi connectivity index (χ1v) is 11.9. The van der Waals surface area contributed by atoms with Crippen LogP contribution in [0.1, 0.15) is 41.5 Å². The SMILES string of the molecule is CC(CC1=CC([Si](C)(C)C)c2ccccc21)c1ccccc1. The van der Waals surface area contributed by atoms with E-state index in [4.69, 9.17) is 0 Å². The predicted molar refractivity (Wildman–Crippen MR) is 100.0 cm³/mol. The lowest BCUT2D eigenvalue weighted by Crippen LogP contribution is -2.28. The van der Waals surface area contributed by atoms with Gasteiger partial charge in [0.15, 0.2) is 0 Å². The van der Waals surface area contributed by atoms with Crippen molar-refractivity contribution in [1.29, 1.82) is 0 Å². The number of hydrogen-bond acceptors (Lipinski definition) is 0. The Labute approximate surface area is 135 Å². The van der Waals surface area contributed by atoms with Crippen LogP contribution in [0.5, 0.6) is 0 Å². The van der Waals surface area contributed by atoms with E-state index in [2.05, 4.69) is 87.2 Å². The molecule has 1 heteroatoms. The third kappa shape index (κ3) is 2.96. The van der Waals surface area contributed by atoms with E-state index in [-0.39, 0.29) is 0 Å². The van der Waals surface area contributed by atoms with Gasteiger partial charge in [-0.2, -0.15) is 0 Å². The number of rotatable bonds is 4. The molecule has 0 heterocycles. The topological polar surface area (TPSA) is 0 Å². The van der Waals surface area contributed by atoms with Gasteiger partial charge >= 0.3 is 0 Å². The van der Waals surface area contributed by atoms with Crippen molar-refractivity contribution in [3.05, 3.63) is 77.4 Å². The molecule has 2 unspecified atom stereocenters. The lowest BCUT2D eigenvalue weighted by atomic mass is 9.91. The van der Waals surface area contributed by atoms with Crippen molar-refractivity contribution in [2.75, 3.05) is 0 Å². The smallest absolute Gasteiger partial charge is 0.0566 e. The Morgan fingerprint density at radius 3 is 2.23 bits per heavy atom. The van der Waals surface area contributed by atoms with Gasteiger partial charge < -0.3 is 0 Å². The molecular weight excluding hydrogens is 280 g/mol. The monoisotopic (exact) mass is 306 g/mol.